The van der Waals surface area contributed by atoms with Crippen LogP contribution in [0, 0.1) is 18.8 Å². The van der Waals surface area contributed by atoms with Gasteiger partial charge in [-0.05, 0) is 55.7 Å². The van der Waals surface area contributed by atoms with Crippen molar-refractivity contribution in [2.75, 3.05) is 5.32 Å². The van der Waals surface area contributed by atoms with Crippen LogP contribution in [0.2, 0.25) is 0 Å². The summed E-state index contributed by atoms with van der Waals surface area (Å²) >= 11 is 0. The highest BCUT2D eigenvalue weighted by Gasteiger charge is 2.24. The van der Waals surface area contributed by atoms with Gasteiger partial charge in [0.25, 0.3) is 0 Å². The van der Waals surface area contributed by atoms with Gasteiger partial charge in [-0.3, -0.25) is 4.79 Å². The van der Waals surface area contributed by atoms with Crippen LogP contribution in [0.4, 0.5) is 5.69 Å². The highest BCUT2D eigenvalue weighted by atomic mass is 16.1. The van der Waals surface area contributed by atoms with Crippen molar-refractivity contribution in [1.82, 2.24) is 0 Å². The first-order valence-electron chi connectivity index (χ1n) is 7.20. The lowest BCUT2D eigenvalue weighted by Crippen LogP contribution is -2.27. The quantitative estimate of drug-likeness (QED) is 0.876. The lowest BCUT2D eigenvalue weighted by atomic mass is 9.82. The maximum Gasteiger partial charge on any atom is 0.227 e. The third-order valence-electron chi connectivity index (χ3n) is 4.18. The summed E-state index contributed by atoms with van der Waals surface area (Å²) in [6.07, 6.45) is 4.37. The number of anilines is 1. The first kappa shape index (κ1) is 14.1. The number of nitrogens with one attached hydrogen (secondary N) is 1. The fourth-order valence-electron chi connectivity index (χ4n) is 2.69. The normalized spacial score (nSPS) is 23.1. The Morgan fingerprint density at radius 2 is 2.00 bits per heavy atom. The van der Waals surface area contributed by atoms with Crippen molar-refractivity contribution in [1.29, 1.82) is 0 Å². The maximum absolute atomic E-state index is 12.3. The molecule has 1 saturated carbocycles. The van der Waals surface area contributed by atoms with E-state index in [0.717, 1.165) is 35.6 Å². The zero-order chi connectivity index (χ0) is 13.8. The van der Waals surface area contributed by atoms with E-state index in [4.69, 9.17) is 5.73 Å². The van der Waals surface area contributed by atoms with Gasteiger partial charge in [0.15, 0.2) is 0 Å². The van der Waals surface area contributed by atoms with E-state index in [2.05, 4.69) is 12.2 Å². The average Bonchev–Trinajstić information content (AvgIpc) is 2.42. The molecule has 1 fully saturated rings. The minimum atomic E-state index is 0.171. The summed E-state index contributed by atoms with van der Waals surface area (Å²) in [6, 6.07) is 6.01. The van der Waals surface area contributed by atoms with Gasteiger partial charge in [-0.2, -0.15) is 0 Å². The molecule has 1 amide bonds. The van der Waals surface area contributed by atoms with E-state index in [0.29, 0.717) is 6.54 Å². The molecule has 0 atom stereocenters. The van der Waals surface area contributed by atoms with Crippen molar-refractivity contribution in [2.45, 2.75) is 46.1 Å². The largest absolute Gasteiger partial charge is 0.326 e. The molecular weight excluding hydrogens is 236 g/mol. The Morgan fingerprint density at radius 3 is 2.63 bits per heavy atom. The molecule has 1 aromatic rings. The van der Waals surface area contributed by atoms with E-state index in [1.807, 2.05) is 25.1 Å². The Balaban J connectivity index is 2.02. The summed E-state index contributed by atoms with van der Waals surface area (Å²) in [5.41, 5.74) is 8.70. The highest BCUT2D eigenvalue weighted by Crippen LogP contribution is 2.29. The summed E-state index contributed by atoms with van der Waals surface area (Å²) in [5.74, 6) is 1.12. The second-order valence-electron chi connectivity index (χ2n) is 5.80. The number of carbonyl (C=O) groups excluding carboxylic acids is 1. The van der Waals surface area contributed by atoms with Crippen molar-refractivity contribution < 1.29 is 4.79 Å². The summed E-state index contributed by atoms with van der Waals surface area (Å²) in [5, 5.41) is 3.07. The van der Waals surface area contributed by atoms with Gasteiger partial charge in [0, 0.05) is 18.2 Å². The Bertz CT molecular complexity index is 448. The lowest BCUT2D eigenvalue weighted by molar-refractivity contribution is -0.121. The Kier molecular flexibility index (Phi) is 4.59. The van der Waals surface area contributed by atoms with Crippen LogP contribution < -0.4 is 11.1 Å². The van der Waals surface area contributed by atoms with Crippen LogP contribution in [-0.4, -0.2) is 5.91 Å². The van der Waals surface area contributed by atoms with Gasteiger partial charge in [-0.1, -0.05) is 19.1 Å². The molecule has 0 aliphatic heterocycles. The number of hydrogen-bond donors (Lipinski definition) is 2. The second-order valence-corrected chi connectivity index (χ2v) is 5.80. The van der Waals surface area contributed by atoms with Crippen molar-refractivity contribution >= 4 is 11.6 Å². The van der Waals surface area contributed by atoms with Crippen molar-refractivity contribution in [3.8, 4) is 0 Å². The zero-order valence-electron chi connectivity index (χ0n) is 11.9. The average molecular weight is 260 g/mol. The van der Waals surface area contributed by atoms with E-state index in [9.17, 15) is 4.79 Å². The second kappa shape index (κ2) is 6.20. The minimum absolute atomic E-state index is 0.171. The van der Waals surface area contributed by atoms with E-state index in [1.165, 1.54) is 12.8 Å². The molecule has 1 aromatic carbocycles. The van der Waals surface area contributed by atoms with Gasteiger partial charge < -0.3 is 11.1 Å². The predicted octanol–water partition coefficient (Wildman–Crippen LogP) is 3.22. The molecule has 0 unspecified atom stereocenters. The predicted molar refractivity (Wildman–Crippen MR) is 78.8 cm³/mol. The topological polar surface area (TPSA) is 55.1 Å². The number of hydrogen-bond acceptors (Lipinski definition) is 2. The Labute approximate surface area is 115 Å². The zero-order valence-corrected chi connectivity index (χ0v) is 11.9. The van der Waals surface area contributed by atoms with Gasteiger partial charge >= 0.3 is 0 Å². The number of nitrogens with two attached hydrogens (primary N) is 1. The van der Waals surface area contributed by atoms with E-state index in [-0.39, 0.29) is 11.8 Å². The molecule has 3 nitrogen and oxygen atoms in total. The van der Waals surface area contributed by atoms with E-state index >= 15 is 0 Å². The van der Waals surface area contributed by atoms with Gasteiger partial charge in [0.05, 0.1) is 0 Å². The number of rotatable bonds is 3. The molecule has 0 aromatic heterocycles. The molecule has 0 bridgehead atoms. The smallest absolute Gasteiger partial charge is 0.227 e. The number of aryl methyl sites for hydroxylation is 1. The SMILES string of the molecule is Cc1ccc(CN)cc1NC(=O)C1CCC(C)CC1. The Morgan fingerprint density at radius 1 is 1.32 bits per heavy atom. The maximum atomic E-state index is 12.3. The molecule has 0 heterocycles. The summed E-state index contributed by atoms with van der Waals surface area (Å²) in [6.45, 7) is 4.78. The lowest BCUT2D eigenvalue weighted by Gasteiger charge is -2.25. The number of amides is 1. The molecule has 1 aliphatic carbocycles. The van der Waals surface area contributed by atoms with Gasteiger partial charge in [0.2, 0.25) is 5.91 Å². The van der Waals surface area contributed by atoms with Gasteiger partial charge in [-0.15, -0.1) is 0 Å². The monoisotopic (exact) mass is 260 g/mol. The molecular formula is C16H24N2O. The first-order chi connectivity index (χ1) is 9.10. The first-order valence-corrected chi connectivity index (χ1v) is 7.20. The highest BCUT2D eigenvalue weighted by molar-refractivity contribution is 5.93. The van der Waals surface area contributed by atoms with Crippen LogP contribution in [0.1, 0.15) is 43.7 Å². The molecule has 0 radical (unpaired) electrons. The minimum Gasteiger partial charge on any atom is -0.326 e. The fourth-order valence-corrected chi connectivity index (χ4v) is 2.69. The third-order valence-corrected chi connectivity index (χ3v) is 4.18. The third kappa shape index (κ3) is 3.57. The van der Waals surface area contributed by atoms with Crippen LogP contribution in [0.5, 0.6) is 0 Å². The molecule has 3 heteroatoms. The molecule has 19 heavy (non-hydrogen) atoms. The van der Waals surface area contributed by atoms with Crippen LogP contribution in [0.25, 0.3) is 0 Å². The van der Waals surface area contributed by atoms with E-state index in [1.54, 1.807) is 0 Å². The van der Waals surface area contributed by atoms with E-state index < -0.39 is 0 Å². The van der Waals surface area contributed by atoms with Crippen LogP contribution >= 0.6 is 0 Å². The number of benzene rings is 1. The summed E-state index contributed by atoms with van der Waals surface area (Å²) in [7, 11) is 0. The molecule has 3 N–H and O–H groups in total. The van der Waals surface area contributed by atoms with Crippen LogP contribution in [0.15, 0.2) is 18.2 Å². The van der Waals surface area contributed by atoms with Crippen molar-refractivity contribution in [3.63, 3.8) is 0 Å². The van der Waals surface area contributed by atoms with Crippen LogP contribution in [0.3, 0.4) is 0 Å². The Hall–Kier alpha value is -1.35. The summed E-state index contributed by atoms with van der Waals surface area (Å²) < 4.78 is 0. The number of carbonyl (C=O) groups is 1. The summed E-state index contributed by atoms with van der Waals surface area (Å²) in [4.78, 5) is 12.3. The molecule has 0 saturated heterocycles. The molecule has 2 rings (SSSR count). The van der Waals surface area contributed by atoms with Crippen molar-refractivity contribution in [2.24, 2.45) is 17.6 Å². The fraction of sp³-hybridized carbons (Fsp3) is 0.562. The molecule has 104 valence electrons. The standard InChI is InChI=1S/C16H24N2O/c1-11-3-7-14(8-4-11)16(19)18-15-9-13(10-17)6-5-12(15)2/h5-6,9,11,14H,3-4,7-8,10,17H2,1-2H3,(H,18,19). The van der Waals surface area contributed by atoms with Gasteiger partial charge in [0.1, 0.15) is 0 Å². The molecule has 1 aliphatic rings. The van der Waals surface area contributed by atoms with Crippen molar-refractivity contribution in [3.05, 3.63) is 29.3 Å². The van der Waals surface area contributed by atoms with Gasteiger partial charge in [-0.25, -0.2) is 0 Å². The van der Waals surface area contributed by atoms with Crippen LogP contribution in [-0.2, 0) is 11.3 Å². The molecule has 0 spiro atoms.